The van der Waals surface area contributed by atoms with Gasteiger partial charge in [0.2, 0.25) is 0 Å². The maximum absolute atomic E-state index is 13.5. The molecule has 0 aliphatic carbocycles. The number of halogens is 2. The third kappa shape index (κ3) is 3.51. The lowest BCUT2D eigenvalue weighted by Crippen LogP contribution is -2.41. The Labute approximate surface area is 115 Å². The van der Waals surface area contributed by atoms with Crippen LogP contribution < -0.4 is 5.32 Å². The van der Waals surface area contributed by atoms with Crippen LogP contribution in [0.2, 0.25) is 0 Å². The maximum atomic E-state index is 13.5. The molecule has 0 bridgehead atoms. The molecule has 0 radical (unpaired) electrons. The van der Waals surface area contributed by atoms with Gasteiger partial charge >= 0.3 is 0 Å². The lowest BCUT2D eigenvalue weighted by Gasteiger charge is -2.30. The number of rotatable bonds is 4. The standard InChI is InChI=1S/C13H18BrFN2O/c1-16-13(9-17-4-6-18-7-5-17)10-2-3-11(14)12(15)8-10/h2-3,8,13,16H,4-7,9H2,1H3. The smallest absolute Gasteiger partial charge is 0.137 e. The Kier molecular flexibility index (Phi) is 5.12. The van der Waals surface area contributed by atoms with Crippen LogP contribution in [0.1, 0.15) is 11.6 Å². The first-order valence-corrected chi connectivity index (χ1v) is 6.92. The van der Waals surface area contributed by atoms with E-state index in [-0.39, 0.29) is 11.9 Å². The molecule has 1 fully saturated rings. The highest BCUT2D eigenvalue weighted by molar-refractivity contribution is 9.10. The van der Waals surface area contributed by atoms with Gasteiger partial charge in [0.1, 0.15) is 5.82 Å². The van der Waals surface area contributed by atoms with Gasteiger partial charge in [-0.25, -0.2) is 4.39 Å². The second kappa shape index (κ2) is 6.61. The Morgan fingerprint density at radius 3 is 2.78 bits per heavy atom. The van der Waals surface area contributed by atoms with E-state index >= 15 is 0 Å². The first-order chi connectivity index (χ1) is 8.70. The molecule has 1 heterocycles. The van der Waals surface area contributed by atoms with Crippen molar-refractivity contribution in [1.29, 1.82) is 0 Å². The largest absolute Gasteiger partial charge is 0.379 e. The molecule has 1 aliphatic heterocycles. The highest BCUT2D eigenvalue weighted by Gasteiger charge is 2.17. The average Bonchev–Trinajstić information content (AvgIpc) is 2.40. The van der Waals surface area contributed by atoms with Gasteiger partial charge in [-0.2, -0.15) is 0 Å². The second-order valence-corrected chi connectivity index (χ2v) is 5.28. The third-order valence-corrected chi connectivity index (χ3v) is 3.88. The van der Waals surface area contributed by atoms with Gasteiger partial charge < -0.3 is 10.1 Å². The van der Waals surface area contributed by atoms with Crippen LogP contribution in [0.3, 0.4) is 0 Å². The molecule has 0 saturated carbocycles. The molecule has 1 aromatic rings. The summed E-state index contributed by atoms with van der Waals surface area (Å²) in [7, 11) is 1.91. The Balaban J connectivity index is 2.04. The van der Waals surface area contributed by atoms with E-state index in [0.29, 0.717) is 4.47 Å². The fourth-order valence-electron chi connectivity index (χ4n) is 2.13. The van der Waals surface area contributed by atoms with E-state index in [1.165, 1.54) is 0 Å². The van der Waals surface area contributed by atoms with Crippen LogP contribution >= 0.6 is 15.9 Å². The first-order valence-electron chi connectivity index (χ1n) is 6.13. The maximum Gasteiger partial charge on any atom is 0.137 e. The van der Waals surface area contributed by atoms with Crippen molar-refractivity contribution in [3.63, 3.8) is 0 Å². The summed E-state index contributed by atoms with van der Waals surface area (Å²) in [6.45, 7) is 4.32. The van der Waals surface area contributed by atoms with Crippen LogP contribution in [0.4, 0.5) is 4.39 Å². The highest BCUT2D eigenvalue weighted by Crippen LogP contribution is 2.21. The van der Waals surface area contributed by atoms with Crippen LogP contribution in [0, 0.1) is 5.82 Å². The minimum atomic E-state index is -0.213. The molecule has 1 atom stereocenters. The number of hydrogen-bond donors (Lipinski definition) is 1. The summed E-state index contributed by atoms with van der Waals surface area (Å²) in [6.07, 6.45) is 0. The third-order valence-electron chi connectivity index (χ3n) is 3.24. The Morgan fingerprint density at radius 1 is 1.44 bits per heavy atom. The average molecular weight is 317 g/mol. The lowest BCUT2D eigenvalue weighted by atomic mass is 10.1. The molecular weight excluding hydrogens is 299 g/mol. The molecule has 0 spiro atoms. The van der Waals surface area contributed by atoms with Gasteiger partial charge in [0.15, 0.2) is 0 Å². The molecule has 1 aliphatic rings. The molecule has 18 heavy (non-hydrogen) atoms. The Bertz CT molecular complexity index is 397. The van der Waals surface area contributed by atoms with Crippen molar-refractivity contribution in [2.45, 2.75) is 6.04 Å². The van der Waals surface area contributed by atoms with Gasteiger partial charge in [-0.1, -0.05) is 6.07 Å². The van der Waals surface area contributed by atoms with Crippen molar-refractivity contribution in [3.8, 4) is 0 Å². The number of ether oxygens (including phenoxy) is 1. The lowest BCUT2D eigenvalue weighted by molar-refractivity contribution is 0.0338. The van der Waals surface area contributed by atoms with Gasteiger partial charge in [0, 0.05) is 25.7 Å². The normalized spacial score (nSPS) is 18.8. The summed E-state index contributed by atoms with van der Waals surface area (Å²) in [5.74, 6) is -0.213. The number of nitrogens with zero attached hydrogens (tertiary/aromatic N) is 1. The topological polar surface area (TPSA) is 24.5 Å². The monoisotopic (exact) mass is 316 g/mol. The zero-order valence-electron chi connectivity index (χ0n) is 10.5. The fraction of sp³-hybridized carbons (Fsp3) is 0.538. The molecule has 0 aromatic heterocycles. The molecule has 2 rings (SSSR count). The van der Waals surface area contributed by atoms with E-state index in [2.05, 4.69) is 26.1 Å². The molecule has 5 heteroatoms. The predicted octanol–water partition coefficient (Wildman–Crippen LogP) is 2.18. The first kappa shape index (κ1) is 13.9. The predicted molar refractivity (Wildman–Crippen MR) is 73.2 cm³/mol. The van der Waals surface area contributed by atoms with E-state index in [1.54, 1.807) is 12.1 Å². The molecule has 3 nitrogen and oxygen atoms in total. The van der Waals surface area contributed by atoms with Crippen LogP contribution in [0.15, 0.2) is 22.7 Å². The van der Waals surface area contributed by atoms with Gasteiger partial charge in [0.05, 0.1) is 17.7 Å². The van der Waals surface area contributed by atoms with E-state index in [4.69, 9.17) is 4.74 Å². The molecule has 100 valence electrons. The summed E-state index contributed by atoms with van der Waals surface area (Å²) in [4.78, 5) is 2.34. The van der Waals surface area contributed by atoms with Crippen molar-refractivity contribution in [2.24, 2.45) is 0 Å². The summed E-state index contributed by atoms with van der Waals surface area (Å²) < 4.78 is 19.4. The zero-order chi connectivity index (χ0) is 13.0. The van der Waals surface area contributed by atoms with E-state index < -0.39 is 0 Å². The quantitative estimate of drug-likeness (QED) is 0.921. The van der Waals surface area contributed by atoms with Crippen LogP contribution in [0.5, 0.6) is 0 Å². The van der Waals surface area contributed by atoms with Gasteiger partial charge in [-0.3, -0.25) is 4.90 Å². The van der Waals surface area contributed by atoms with Gasteiger partial charge in [-0.15, -0.1) is 0 Å². The van der Waals surface area contributed by atoms with Crippen LogP contribution in [0.25, 0.3) is 0 Å². The molecule has 1 N–H and O–H groups in total. The van der Waals surface area contributed by atoms with Crippen LogP contribution in [-0.2, 0) is 4.74 Å². The molecule has 1 saturated heterocycles. The fourth-order valence-corrected chi connectivity index (χ4v) is 2.38. The summed E-state index contributed by atoms with van der Waals surface area (Å²) in [6, 6.07) is 5.44. The van der Waals surface area contributed by atoms with E-state index in [9.17, 15) is 4.39 Å². The molecule has 0 amide bonds. The van der Waals surface area contributed by atoms with Crippen molar-refractivity contribution in [2.75, 3.05) is 39.9 Å². The molecule has 1 unspecified atom stereocenters. The Hall–Kier alpha value is -0.490. The second-order valence-electron chi connectivity index (χ2n) is 4.43. The van der Waals surface area contributed by atoms with Gasteiger partial charge in [0.25, 0.3) is 0 Å². The number of likely N-dealkylation sites (N-methyl/N-ethyl adjacent to an activating group) is 1. The summed E-state index contributed by atoms with van der Waals surface area (Å²) >= 11 is 3.18. The van der Waals surface area contributed by atoms with E-state index in [0.717, 1.165) is 38.4 Å². The number of benzene rings is 1. The van der Waals surface area contributed by atoms with Crippen molar-refractivity contribution in [1.82, 2.24) is 10.2 Å². The SMILES string of the molecule is CNC(CN1CCOCC1)c1ccc(Br)c(F)c1. The zero-order valence-corrected chi connectivity index (χ0v) is 12.0. The number of nitrogens with one attached hydrogen (secondary N) is 1. The Morgan fingerprint density at radius 2 is 2.17 bits per heavy atom. The minimum Gasteiger partial charge on any atom is -0.379 e. The minimum absolute atomic E-state index is 0.144. The van der Waals surface area contributed by atoms with Crippen molar-refractivity contribution < 1.29 is 9.13 Å². The summed E-state index contributed by atoms with van der Waals surface area (Å²) in [5, 5.41) is 3.25. The molecular formula is C13H18BrFN2O. The van der Waals surface area contributed by atoms with Gasteiger partial charge in [-0.05, 0) is 40.7 Å². The van der Waals surface area contributed by atoms with Crippen molar-refractivity contribution in [3.05, 3.63) is 34.1 Å². The highest BCUT2D eigenvalue weighted by atomic mass is 79.9. The summed E-state index contributed by atoms with van der Waals surface area (Å²) in [5.41, 5.74) is 0.977. The number of hydrogen-bond acceptors (Lipinski definition) is 3. The number of morpholine rings is 1. The van der Waals surface area contributed by atoms with E-state index in [1.807, 2.05) is 13.1 Å². The van der Waals surface area contributed by atoms with Crippen LogP contribution in [-0.4, -0.2) is 44.8 Å². The molecule has 1 aromatic carbocycles. The van der Waals surface area contributed by atoms with Crippen molar-refractivity contribution >= 4 is 15.9 Å².